The Kier molecular flexibility index (Phi) is 4.41. The van der Waals surface area contributed by atoms with Gasteiger partial charge in [0.15, 0.2) is 5.90 Å². The van der Waals surface area contributed by atoms with Crippen LogP contribution >= 0.6 is 0 Å². The van der Waals surface area contributed by atoms with E-state index in [-0.39, 0.29) is 22.8 Å². The van der Waals surface area contributed by atoms with Crippen LogP contribution in [-0.2, 0) is 14.3 Å². The van der Waals surface area contributed by atoms with Gasteiger partial charge >= 0.3 is 5.97 Å². The van der Waals surface area contributed by atoms with Crippen LogP contribution < -0.4 is 0 Å². The highest BCUT2D eigenvalue weighted by atomic mass is 16.5. The van der Waals surface area contributed by atoms with Gasteiger partial charge in [0.2, 0.25) is 0 Å². The molecule has 0 aromatic rings. The topological polar surface area (TPSA) is 47.9 Å². The zero-order valence-corrected chi connectivity index (χ0v) is 12.4. The van der Waals surface area contributed by atoms with Crippen molar-refractivity contribution in [1.82, 2.24) is 0 Å². The van der Waals surface area contributed by atoms with Crippen molar-refractivity contribution in [3.8, 4) is 0 Å². The SMILES string of the molecule is COC(=O)CCC(C)(C)C1=N[C@@H](C(C)(C)C)CO1. The van der Waals surface area contributed by atoms with Gasteiger partial charge in [0.1, 0.15) is 6.61 Å². The third kappa shape index (κ3) is 3.72. The smallest absolute Gasteiger partial charge is 0.305 e. The minimum absolute atomic E-state index is 0.111. The molecule has 18 heavy (non-hydrogen) atoms. The maximum absolute atomic E-state index is 11.2. The van der Waals surface area contributed by atoms with Crippen molar-refractivity contribution in [2.45, 2.75) is 53.5 Å². The minimum atomic E-state index is -0.214. The summed E-state index contributed by atoms with van der Waals surface area (Å²) in [7, 11) is 1.41. The maximum atomic E-state index is 11.2. The Balaban J connectivity index is 2.66. The summed E-state index contributed by atoms with van der Waals surface area (Å²) in [6, 6.07) is 0.199. The number of ether oxygens (including phenoxy) is 2. The Labute approximate surface area is 110 Å². The number of rotatable bonds is 4. The molecule has 0 aromatic carbocycles. The summed E-state index contributed by atoms with van der Waals surface area (Å²) in [5.74, 6) is 0.584. The molecule has 1 rings (SSSR count). The summed E-state index contributed by atoms with van der Waals surface area (Å²) < 4.78 is 10.4. The van der Waals surface area contributed by atoms with Gasteiger partial charge in [-0.15, -0.1) is 0 Å². The Morgan fingerprint density at radius 3 is 2.44 bits per heavy atom. The second-order valence-electron chi connectivity index (χ2n) is 6.59. The van der Waals surface area contributed by atoms with Crippen molar-refractivity contribution in [3.63, 3.8) is 0 Å². The van der Waals surface area contributed by atoms with Crippen LogP contribution in [0, 0.1) is 10.8 Å². The first-order valence-electron chi connectivity index (χ1n) is 6.45. The van der Waals surface area contributed by atoms with E-state index in [0.717, 1.165) is 5.90 Å². The molecule has 1 heterocycles. The molecule has 0 aromatic heterocycles. The second kappa shape index (κ2) is 5.29. The van der Waals surface area contributed by atoms with E-state index in [4.69, 9.17) is 4.74 Å². The van der Waals surface area contributed by atoms with E-state index in [1.807, 2.05) is 0 Å². The molecule has 0 saturated carbocycles. The molecule has 0 N–H and O–H groups in total. The molecule has 4 heteroatoms. The highest BCUT2D eigenvalue weighted by molar-refractivity contribution is 5.84. The van der Waals surface area contributed by atoms with Crippen LogP contribution in [-0.4, -0.2) is 31.6 Å². The molecule has 104 valence electrons. The lowest BCUT2D eigenvalue weighted by atomic mass is 9.86. The first kappa shape index (κ1) is 15.0. The van der Waals surface area contributed by atoms with Gasteiger partial charge in [-0.1, -0.05) is 34.6 Å². The second-order valence-corrected chi connectivity index (χ2v) is 6.59. The summed E-state index contributed by atoms with van der Waals surface area (Å²) in [6.07, 6.45) is 1.08. The van der Waals surface area contributed by atoms with Crippen molar-refractivity contribution >= 4 is 11.9 Å². The van der Waals surface area contributed by atoms with Gasteiger partial charge in [-0.25, -0.2) is 4.99 Å². The van der Waals surface area contributed by atoms with E-state index in [1.54, 1.807) is 0 Å². The number of carbonyl (C=O) groups is 1. The van der Waals surface area contributed by atoms with Crippen LogP contribution in [0.5, 0.6) is 0 Å². The van der Waals surface area contributed by atoms with Crippen molar-refractivity contribution in [3.05, 3.63) is 0 Å². The number of methoxy groups -OCH3 is 1. The Hall–Kier alpha value is -1.06. The average molecular weight is 255 g/mol. The first-order valence-corrected chi connectivity index (χ1v) is 6.45. The van der Waals surface area contributed by atoms with Gasteiger partial charge < -0.3 is 9.47 Å². The summed E-state index contributed by atoms with van der Waals surface area (Å²) in [4.78, 5) is 15.9. The Bertz CT molecular complexity index is 339. The molecule has 0 bridgehead atoms. The monoisotopic (exact) mass is 255 g/mol. The molecule has 1 atom stereocenters. The molecule has 0 unspecified atom stereocenters. The predicted octanol–water partition coefficient (Wildman–Crippen LogP) is 2.81. The Morgan fingerprint density at radius 2 is 2.00 bits per heavy atom. The van der Waals surface area contributed by atoms with Crippen LogP contribution in [0.1, 0.15) is 47.5 Å². The van der Waals surface area contributed by atoms with Gasteiger partial charge in [-0.3, -0.25) is 4.79 Å². The van der Waals surface area contributed by atoms with Crippen molar-refractivity contribution < 1.29 is 14.3 Å². The van der Waals surface area contributed by atoms with E-state index in [2.05, 4.69) is 44.3 Å². The van der Waals surface area contributed by atoms with Gasteiger partial charge in [-0.05, 0) is 11.8 Å². The van der Waals surface area contributed by atoms with E-state index in [0.29, 0.717) is 19.4 Å². The van der Waals surface area contributed by atoms with Gasteiger partial charge in [0.25, 0.3) is 0 Å². The van der Waals surface area contributed by atoms with E-state index < -0.39 is 0 Å². The number of carbonyl (C=O) groups excluding carboxylic acids is 1. The van der Waals surface area contributed by atoms with Gasteiger partial charge in [0.05, 0.1) is 13.2 Å². The van der Waals surface area contributed by atoms with Crippen molar-refractivity contribution in [1.29, 1.82) is 0 Å². The maximum Gasteiger partial charge on any atom is 0.305 e. The summed E-state index contributed by atoms with van der Waals surface area (Å²) in [6.45, 7) is 11.2. The van der Waals surface area contributed by atoms with Crippen LogP contribution in [0.25, 0.3) is 0 Å². The average Bonchev–Trinajstić information content (AvgIpc) is 2.75. The quantitative estimate of drug-likeness (QED) is 0.726. The number of hydrogen-bond donors (Lipinski definition) is 0. The largest absolute Gasteiger partial charge is 0.478 e. The highest BCUT2D eigenvalue weighted by Gasteiger charge is 2.36. The zero-order chi connectivity index (χ0) is 14.0. The number of aliphatic imine (C=N–C) groups is 1. The van der Waals surface area contributed by atoms with Gasteiger partial charge in [0, 0.05) is 11.8 Å². The Morgan fingerprint density at radius 1 is 1.39 bits per heavy atom. The molecule has 0 fully saturated rings. The molecule has 0 aliphatic carbocycles. The van der Waals surface area contributed by atoms with Crippen LogP contribution in [0.4, 0.5) is 0 Å². The number of esters is 1. The molecule has 4 nitrogen and oxygen atoms in total. The van der Waals surface area contributed by atoms with Crippen molar-refractivity contribution in [2.24, 2.45) is 15.8 Å². The van der Waals surface area contributed by atoms with E-state index in [9.17, 15) is 4.79 Å². The predicted molar refractivity (Wildman–Crippen MR) is 71.7 cm³/mol. The zero-order valence-electron chi connectivity index (χ0n) is 12.4. The molecule has 0 radical (unpaired) electrons. The summed E-state index contributed by atoms with van der Waals surface area (Å²) in [5, 5.41) is 0. The standard InChI is InChI=1S/C14H25NO3/c1-13(2,3)10-9-18-12(15-10)14(4,5)8-7-11(16)17-6/h10H,7-9H2,1-6H3/t10-/m1/s1. The fraction of sp³-hybridized carbons (Fsp3) is 0.857. The molecule has 1 aliphatic rings. The fourth-order valence-electron chi connectivity index (χ4n) is 1.81. The molecular formula is C14H25NO3. The van der Waals surface area contributed by atoms with Crippen LogP contribution in [0.15, 0.2) is 4.99 Å². The normalized spacial score (nSPS) is 20.3. The lowest BCUT2D eigenvalue weighted by Gasteiger charge is -2.23. The molecule has 0 spiro atoms. The lowest BCUT2D eigenvalue weighted by molar-refractivity contribution is -0.141. The van der Waals surface area contributed by atoms with Crippen LogP contribution in [0.2, 0.25) is 0 Å². The molecule has 1 aliphatic heterocycles. The number of nitrogens with zero attached hydrogens (tertiary/aromatic N) is 1. The molecule has 0 saturated heterocycles. The number of hydrogen-bond acceptors (Lipinski definition) is 4. The first-order chi connectivity index (χ1) is 8.16. The van der Waals surface area contributed by atoms with Gasteiger partial charge in [-0.2, -0.15) is 0 Å². The molecular weight excluding hydrogens is 230 g/mol. The minimum Gasteiger partial charge on any atom is -0.478 e. The van der Waals surface area contributed by atoms with Crippen LogP contribution in [0.3, 0.4) is 0 Å². The van der Waals surface area contributed by atoms with E-state index in [1.165, 1.54) is 7.11 Å². The fourth-order valence-corrected chi connectivity index (χ4v) is 1.81. The highest BCUT2D eigenvalue weighted by Crippen LogP contribution is 2.33. The summed E-state index contributed by atoms with van der Waals surface area (Å²) >= 11 is 0. The third-order valence-electron chi connectivity index (χ3n) is 3.41. The molecule has 0 amide bonds. The van der Waals surface area contributed by atoms with Crippen molar-refractivity contribution in [2.75, 3.05) is 13.7 Å². The van der Waals surface area contributed by atoms with E-state index >= 15 is 0 Å². The third-order valence-corrected chi connectivity index (χ3v) is 3.41. The lowest BCUT2D eigenvalue weighted by Crippen LogP contribution is -2.25. The summed E-state index contributed by atoms with van der Waals surface area (Å²) in [5.41, 5.74) is -0.103.